The van der Waals surface area contributed by atoms with Gasteiger partial charge in [-0.05, 0) is 77.6 Å². The summed E-state index contributed by atoms with van der Waals surface area (Å²) in [6.45, 7) is 10.2. The molecule has 2 amide bonds. The maximum absolute atomic E-state index is 13.6. The molecule has 3 heterocycles. The van der Waals surface area contributed by atoms with Crippen LogP contribution in [0.3, 0.4) is 0 Å². The lowest BCUT2D eigenvalue weighted by atomic mass is 9.73. The SMILES string of the molecule is CCn1cc(CN2CCC3(CCCCc4ccccc4OCCNC(=O)[C@H](C)NC3=O)CC2)c(C)n1. The van der Waals surface area contributed by atoms with Crippen LogP contribution in [0.4, 0.5) is 0 Å². The van der Waals surface area contributed by atoms with Gasteiger partial charge in [-0.25, -0.2) is 0 Å². The Hall–Kier alpha value is -2.87. The molecule has 8 nitrogen and oxygen atoms in total. The Morgan fingerprint density at radius 1 is 1.14 bits per heavy atom. The fourth-order valence-electron chi connectivity index (χ4n) is 5.38. The number of piperidine rings is 1. The number of rotatable bonds is 3. The Kier molecular flexibility index (Phi) is 8.67. The Labute approximate surface area is 214 Å². The zero-order valence-electron chi connectivity index (χ0n) is 22.0. The van der Waals surface area contributed by atoms with Gasteiger partial charge in [0.25, 0.3) is 0 Å². The number of aromatic nitrogens is 2. The third-order valence-electron chi connectivity index (χ3n) is 7.78. The minimum atomic E-state index is -0.577. The van der Waals surface area contributed by atoms with Gasteiger partial charge in [0.1, 0.15) is 18.4 Å². The number of fused-ring (bicyclic) bond motifs is 1. The van der Waals surface area contributed by atoms with E-state index in [0.29, 0.717) is 13.2 Å². The number of hydrogen-bond donors (Lipinski definition) is 2. The van der Waals surface area contributed by atoms with Gasteiger partial charge in [-0.1, -0.05) is 24.6 Å². The average molecular weight is 496 g/mol. The van der Waals surface area contributed by atoms with Crippen LogP contribution in [0.2, 0.25) is 0 Å². The summed E-state index contributed by atoms with van der Waals surface area (Å²) in [6, 6.07) is 7.54. The van der Waals surface area contributed by atoms with E-state index in [4.69, 9.17) is 4.74 Å². The number of likely N-dealkylation sites (tertiary alicyclic amines) is 1. The number of nitrogens with zero attached hydrogens (tertiary/aromatic N) is 3. The first-order chi connectivity index (χ1) is 17.4. The summed E-state index contributed by atoms with van der Waals surface area (Å²) in [5, 5.41) is 10.5. The highest BCUT2D eigenvalue weighted by Crippen LogP contribution is 2.38. The second kappa shape index (κ2) is 11.9. The van der Waals surface area contributed by atoms with Crippen LogP contribution < -0.4 is 15.4 Å². The molecule has 1 spiro atoms. The Balaban J connectivity index is 1.45. The van der Waals surface area contributed by atoms with E-state index in [0.717, 1.165) is 76.1 Å². The lowest BCUT2D eigenvalue weighted by Crippen LogP contribution is -2.53. The Morgan fingerprint density at radius 2 is 1.92 bits per heavy atom. The second-order valence-corrected chi connectivity index (χ2v) is 10.3. The van der Waals surface area contributed by atoms with E-state index in [9.17, 15) is 9.59 Å². The van der Waals surface area contributed by atoms with Crippen molar-refractivity contribution in [2.45, 2.75) is 78.4 Å². The van der Waals surface area contributed by atoms with Crippen LogP contribution in [-0.4, -0.2) is 58.8 Å². The lowest BCUT2D eigenvalue weighted by molar-refractivity contribution is -0.138. The molecule has 0 radical (unpaired) electrons. The standard InChI is InChI=1S/C28H41N5O3/c1-4-33-20-24(21(2)31-33)19-32-16-13-28(14-17-32)12-8-7-10-23-9-5-6-11-25(23)36-18-15-29-26(34)22(3)30-27(28)35/h5-6,9,11,20,22H,4,7-8,10,12-19H2,1-3H3,(H,29,34)(H,30,35)/t22-/m0/s1. The molecule has 2 aliphatic rings. The van der Waals surface area contributed by atoms with E-state index in [1.54, 1.807) is 6.92 Å². The molecule has 196 valence electrons. The van der Waals surface area contributed by atoms with Crippen LogP contribution >= 0.6 is 0 Å². The van der Waals surface area contributed by atoms with Gasteiger partial charge in [-0.15, -0.1) is 0 Å². The van der Waals surface area contributed by atoms with Gasteiger partial charge in [0, 0.05) is 24.8 Å². The first-order valence-electron chi connectivity index (χ1n) is 13.4. The minimum Gasteiger partial charge on any atom is -0.491 e. The highest BCUT2D eigenvalue weighted by atomic mass is 16.5. The molecule has 1 aromatic heterocycles. The monoisotopic (exact) mass is 495 g/mol. The quantitative estimate of drug-likeness (QED) is 0.683. The molecule has 0 aliphatic carbocycles. The summed E-state index contributed by atoms with van der Waals surface area (Å²) in [7, 11) is 0. The third-order valence-corrected chi connectivity index (χ3v) is 7.78. The van der Waals surface area contributed by atoms with Crippen LogP contribution in [0.5, 0.6) is 5.75 Å². The maximum atomic E-state index is 13.6. The van der Waals surface area contributed by atoms with Crippen molar-refractivity contribution in [3.8, 4) is 5.75 Å². The molecule has 2 N–H and O–H groups in total. The molecule has 1 saturated heterocycles. The van der Waals surface area contributed by atoms with Gasteiger partial charge in [0.2, 0.25) is 11.8 Å². The molecule has 2 aromatic rings. The fraction of sp³-hybridized carbons (Fsp3) is 0.607. The van der Waals surface area contributed by atoms with E-state index in [-0.39, 0.29) is 11.8 Å². The van der Waals surface area contributed by atoms with Gasteiger partial charge in [0.15, 0.2) is 0 Å². The van der Waals surface area contributed by atoms with E-state index >= 15 is 0 Å². The molecule has 8 heteroatoms. The van der Waals surface area contributed by atoms with Crippen molar-refractivity contribution in [1.29, 1.82) is 0 Å². The summed E-state index contributed by atoms with van der Waals surface area (Å²) in [5.41, 5.74) is 3.07. The van der Waals surface area contributed by atoms with Gasteiger partial charge < -0.3 is 15.4 Å². The van der Waals surface area contributed by atoms with Crippen molar-refractivity contribution in [3.63, 3.8) is 0 Å². The number of benzene rings is 1. The Bertz CT molecular complexity index is 1040. The van der Waals surface area contributed by atoms with Gasteiger partial charge in [0.05, 0.1) is 17.7 Å². The van der Waals surface area contributed by atoms with Crippen LogP contribution in [0.25, 0.3) is 0 Å². The predicted molar refractivity (Wildman–Crippen MR) is 140 cm³/mol. The summed E-state index contributed by atoms with van der Waals surface area (Å²) in [5.74, 6) is 0.728. The summed E-state index contributed by atoms with van der Waals surface area (Å²) in [4.78, 5) is 28.7. The molecule has 1 fully saturated rings. The predicted octanol–water partition coefficient (Wildman–Crippen LogP) is 3.22. The molecule has 0 unspecified atom stereocenters. The third kappa shape index (κ3) is 6.27. The Morgan fingerprint density at radius 3 is 2.67 bits per heavy atom. The molecular formula is C28H41N5O3. The highest BCUT2D eigenvalue weighted by molar-refractivity contribution is 5.90. The summed E-state index contributed by atoms with van der Waals surface area (Å²) < 4.78 is 7.93. The average Bonchev–Trinajstić information content (AvgIpc) is 3.24. The molecule has 1 aromatic carbocycles. The second-order valence-electron chi connectivity index (χ2n) is 10.3. The number of amides is 2. The van der Waals surface area contributed by atoms with Crippen LogP contribution in [0.1, 0.15) is 62.8 Å². The normalized spacial score (nSPS) is 22.0. The topological polar surface area (TPSA) is 88.5 Å². The molecular weight excluding hydrogens is 454 g/mol. The number of hydrogen-bond acceptors (Lipinski definition) is 5. The molecule has 2 aliphatic heterocycles. The van der Waals surface area contributed by atoms with Gasteiger partial charge in [-0.2, -0.15) is 5.10 Å². The number of aryl methyl sites for hydroxylation is 3. The number of carbonyl (C=O) groups is 2. The zero-order chi connectivity index (χ0) is 25.5. The van der Waals surface area contributed by atoms with Crippen molar-refractivity contribution < 1.29 is 14.3 Å². The van der Waals surface area contributed by atoms with E-state index in [2.05, 4.69) is 46.7 Å². The van der Waals surface area contributed by atoms with Crippen molar-refractivity contribution in [1.82, 2.24) is 25.3 Å². The van der Waals surface area contributed by atoms with E-state index in [1.165, 1.54) is 11.1 Å². The summed E-state index contributed by atoms with van der Waals surface area (Å²) >= 11 is 0. The minimum absolute atomic E-state index is 0.0197. The largest absolute Gasteiger partial charge is 0.491 e. The van der Waals surface area contributed by atoms with Gasteiger partial charge in [-0.3, -0.25) is 19.2 Å². The fourth-order valence-corrected chi connectivity index (χ4v) is 5.38. The van der Waals surface area contributed by atoms with E-state index in [1.807, 2.05) is 22.9 Å². The molecule has 1 atom stereocenters. The molecule has 4 rings (SSSR count). The summed E-state index contributed by atoms with van der Waals surface area (Å²) in [6.07, 6.45) is 7.45. The maximum Gasteiger partial charge on any atom is 0.242 e. The molecule has 36 heavy (non-hydrogen) atoms. The molecule has 0 saturated carbocycles. The number of nitrogens with one attached hydrogen (secondary N) is 2. The van der Waals surface area contributed by atoms with Crippen LogP contribution in [0, 0.1) is 12.3 Å². The van der Waals surface area contributed by atoms with Crippen LogP contribution in [-0.2, 0) is 29.1 Å². The van der Waals surface area contributed by atoms with Crippen molar-refractivity contribution >= 4 is 11.8 Å². The van der Waals surface area contributed by atoms with Crippen molar-refractivity contribution in [2.24, 2.45) is 5.41 Å². The van der Waals surface area contributed by atoms with Crippen molar-refractivity contribution in [2.75, 3.05) is 26.2 Å². The van der Waals surface area contributed by atoms with Crippen LogP contribution in [0.15, 0.2) is 30.5 Å². The smallest absolute Gasteiger partial charge is 0.242 e. The number of para-hydroxylation sites is 1. The number of ether oxygens (including phenoxy) is 1. The van der Waals surface area contributed by atoms with Crippen molar-refractivity contribution in [3.05, 3.63) is 47.3 Å². The zero-order valence-corrected chi connectivity index (χ0v) is 22.0. The highest BCUT2D eigenvalue weighted by Gasteiger charge is 2.41. The first-order valence-corrected chi connectivity index (χ1v) is 13.4. The first kappa shape index (κ1) is 26.2. The molecule has 0 bridgehead atoms. The lowest BCUT2D eigenvalue weighted by Gasteiger charge is -2.41. The van der Waals surface area contributed by atoms with Gasteiger partial charge >= 0.3 is 0 Å². The van der Waals surface area contributed by atoms with E-state index < -0.39 is 11.5 Å². The number of carbonyl (C=O) groups excluding carboxylic acids is 2.